The van der Waals surface area contributed by atoms with Gasteiger partial charge in [-0.1, -0.05) is 12.1 Å². The number of piperidine rings is 1. The molecule has 1 unspecified atom stereocenters. The van der Waals surface area contributed by atoms with Crippen molar-refractivity contribution in [2.24, 2.45) is 5.92 Å². The Morgan fingerprint density at radius 1 is 1.18 bits per heavy atom. The lowest BCUT2D eigenvalue weighted by Gasteiger charge is -2.37. The van der Waals surface area contributed by atoms with Gasteiger partial charge in [0.25, 0.3) is 0 Å². The number of carbonyl (C=O) groups is 3. The maximum absolute atomic E-state index is 12.9. The number of hydrogen-bond acceptors (Lipinski definition) is 3. The van der Waals surface area contributed by atoms with Crippen LogP contribution in [0.1, 0.15) is 24.0 Å². The van der Waals surface area contributed by atoms with Gasteiger partial charge in [-0.15, -0.1) is 0 Å². The molecule has 1 atom stereocenters. The second-order valence-electron chi connectivity index (χ2n) is 7.28. The zero-order chi connectivity index (χ0) is 20.5. The zero-order valence-electron chi connectivity index (χ0n) is 15.5. The van der Waals surface area contributed by atoms with E-state index in [0.717, 1.165) is 12.1 Å². The topological polar surface area (TPSA) is 60.9 Å². The Morgan fingerprint density at radius 2 is 1.93 bits per heavy atom. The van der Waals surface area contributed by atoms with Gasteiger partial charge in [-0.2, -0.15) is 13.2 Å². The normalized spacial score (nSPS) is 21.3. The van der Waals surface area contributed by atoms with Crippen LogP contribution in [0, 0.1) is 5.92 Å². The predicted octanol–water partition coefficient (Wildman–Crippen LogP) is 1.74. The fourth-order valence-corrected chi connectivity index (χ4v) is 3.54. The van der Waals surface area contributed by atoms with Crippen LogP contribution in [0.4, 0.5) is 13.2 Å². The van der Waals surface area contributed by atoms with Crippen LogP contribution >= 0.6 is 0 Å². The van der Waals surface area contributed by atoms with Crippen molar-refractivity contribution in [3.63, 3.8) is 0 Å². The molecule has 0 aromatic heterocycles. The van der Waals surface area contributed by atoms with Gasteiger partial charge < -0.3 is 14.7 Å². The van der Waals surface area contributed by atoms with Gasteiger partial charge in [0.05, 0.1) is 18.0 Å². The minimum absolute atomic E-state index is 0.0212. The Labute approximate surface area is 160 Å². The molecule has 152 valence electrons. The van der Waals surface area contributed by atoms with Crippen molar-refractivity contribution in [3.8, 4) is 0 Å². The highest BCUT2D eigenvalue weighted by Crippen LogP contribution is 2.30. The first kappa shape index (κ1) is 20.2. The molecule has 6 nitrogen and oxygen atoms in total. The number of piperazine rings is 1. The van der Waals surface area contributed by atoms with E-state index in [1.54, 1.807) is 11.9 Å². The van der Waals surface area contributed by atoms with E-state index in [1.807, 2.05) is 0 Å². The average Bonchev–Trinajstić information content (AvgIpc) is 2.65. The number of amides is 3. The van der Waals surface area contributed by atoms with Gasteiger partial charge in [0, 0.05) is 39.6 Å². The van der Waals surface area contributed by atoms with Crippen molar-refractivity contribution in [3.05, 3.63) is 35.4 Å². The number of likely N-dealkylation sites (N-methyl/N-ethyl adjacent to an activating group) is 1. The van der Waals surface area contributed by atoms with Crippen LogP contribution in [0.25, 0.3) is 0 Å². The molecular weight excluding hydrogens is 375 g/mol. The molecule has 0 aliphatic carbocycles. The fourth-order valence-electron chi connectivity index (χ4n) is 3.54. The van der Waals surface area contributed by atoms with Gasteiger partial charge in [0.2, 0.25) is 17.7 Å². The SMILES string of the molecule is CN1CCN(C(=O)C2CCC(=O)N(Cc3cccc(C(F)(F)F)c3)C2)CC1=O. The number of halogens is 3. The van der Waals surface area contributed by atoms with Gasteiger partial charge in [-0.3, -0.25) is 14.4 Å². The summed E-state index contributed by atoms with van der Waals surface area (Å²) < 4.78 is 38.7. The molecule has 9 heteroatoms. The highest BCUT2D eigenvalue weighted by Gasteiger charge is 2.35. The summed E-state index contributed by atoms with van der Waals surface area (Å²) in [6.45, 7) is 1.10. The second kappa shape index (κ2) is 7.81. The highest BCUT2D eigenvalue weighted by molar-refractivity contribution is 5.88. The third-order valence-electron chi connectivity index (χ3n) is 5.25. The Morgan fingerprint density at radius 3 is 2.61 bits per heavy atom. The van der Waals surface area contributed by atoms with E-state index >= 15 is 0 Å². The van der Waals surface area contributed by atoms with E-state index in [-0.39, 0.29) is 43.8 Å². The molecule has 0 N–H and O–H groups in total. The van der Waals surface area contributed by atoms with E-state index < -0.39 is 17.7 Å². The summed E-state index contributed by atoms with van der Waals surface area (Å²) in [5, 5.41) is 0. The molecule has 0 bridgehead atoms. The van der Waals surface area contributed by atoms with E-state index in [4.69, 9.17) is 0 Å². The number of hydrogen-bond donors (Lipinski definition) is 0. The van der Waals surface area contributed by atoms with Crippen molar-refractivity contribution in [2.75, 3.05) is 33.2 Å². The lowest BCUT2D eigenvalue weighted by atomic mass is 9.95. The van der Waals surface area contributed by atoms with E-state index in [2.05, 4.69) is 0 Å². The number of carbonyl (C=O) groups excluding carboxylic acids is 3. The highest BCUT2D eigenvalue weighted by atomic mass is 19.4. The third-order valence-corrected chi connectivity index (χ3v) is 5.25. The molecule has 0 radical (unpaired) electrons. The Kier molecular flexibility index (Phi) is 5.62. The van der Waals surface area contributed by atoms with E-state index in [0.29, 0.717) is 25.1 Å². The number of alkyl halides is 3. The first-order chi connectivity index (χ1) is 13.1. The summed E-state index contributed by atoms with van der Waals surface area (Å²) in [5.74, 6) is -0.939. The minimum Gasteiger partial charge on any atom is -0.342 e. The maximum atomic E-state index is 12.9. The fraction of sp³-hybridized carbons (Fsp3) is 0.526. The van der Waals surface area contributed by atoms with Gasteiger partial charge in [-0.25, -0.2) is 0 Å². The minimum atomic E-state index is -4.45. The molecule has 2 saturated heterocycles. The van der Waals surface area contributed by atoms with Crippen molar-refractivity contribution in [1.29, 1.82) is 0 Å². The van der Waals surface area contributed by atoms with Crippen LogP contribution in [-0.2, 0) is 27.1 Å². The van der Waals surface area contributed by atoms with Gasteiger partial charge in [0.15, 0.2) is 0 Å². The Bertz CT molecular complexity index is 781. The van der Waals surface area contributed by atoms with Crippen LogP contribution in [0.5, 0.6) is 0 Å². The molecule has 1 aromatic carbocycles. The smallest absolute Gasteiger partial charge is 0.342 e. The standard InChI is InChI=1S/C19H22F3N3O3/c1-23-7-8-24(12-17(23)27)18(28)14-5-6-16(26)25(11-14)10-13-3-2-4-15(9-13)19(20,21)22/h2-4,9,14H,5-8,10-12H2,1H3. The molecule has 2 aliphatic rings. The summed E-state index contributed by atoms with van der Waals surface area (Å²) in [7, 11) is 1.68. The summed E-state index contributed by atoms with van der Waals surface area (Å²) in [6.07, 6.45) is -3.90. The first-order valence-corrected chi connectivity index (χ1v) is 9.12. The molecule has 3 rings (SSSR count). The third kappa shape index (κ3) is 4.45. The van der Waals surface area contributed by atoms with Gasteiger partial charge in [0.1, 0.15) is 0 Å². The van der Waals surface area contributed by atoms with Crippen molar-refractivity contribution in [2.45, 2.75) is 25.6 Å². The first-order valence-electron chi connectivity index (χ1n) is 9.12. The van der Waals surface area contributed by atoms with Crippen molar-refractivity contribution < 1.29 is 27.6 Å². The Balaban J connectivity index is 1.67. The maximum Gasteiger partial charge on any atom is 0.416 e. The summed E-state index contributed by atoms with van der Waals surface area (Å²) in [6, 6.07) is 4.86. The van der Waals surface area contributed by atoms with E-state index in [1.165, 1.54) is 21.9 Å². The molecule has 2 heterocycles. The van der Waals surface area contributed by atoms with Crippen LogP contribution < -0.4 is 0 Å². The molecule has 28 heavy (non-hydrogen) atoms. The molecule has 0 saturated carbocycles. The predicted molar refractivity (Wildman–Crippen MR) is 93.8 cm³/mol. The largest absolute Gasteiger partial charge is 0.416 e. The van der Waals surface area contributed by atoms with Crippen LogP contribution in [0.2, 0.25) is 0 Å². The molecule has 3 amide bonds. The molecule has 0 spiro atoms. The summed E-state index contributed by atoms with van der Waals surface area (Å²) >= 11 is 0. The second-order valence-corrected chi connectivity index (χ2v) is 7.28. The molecule has 2 aliphatic heterocycles. The average molecular weight is 397 g/mol. The quantitative estimate of drug-likeness (QED) is 0.781. The van der Waals surface area contributed by atoms with Crippen LogP contribution in [0.3, 0.4) is 0 Å². The van der Waals surface area contributed by atoms with Gasteiger partial charge >= 0.3 is 6.18 Å². The summed E-state index contributed by atoms with van der Waals surface area (Å²) in [4.78, 5) is 41.3. The Hall–Kier alpha value is -2.58. The number of likely N-dealkylation sites (tertiary alicyclic amines) is 1. The molecular formula is C19H22F3N3O3. The molecule has 2 fully saturated rings. The lowest BCUT2D eigenvalue weighted by Crippen LogP contribution is -2.54. The zero-order valence-corrected chi connectivity index (χ0v) is 15.5. The number of benzene rings is 1. The summed E-state index contributed by atoms with van der Waals surface area (Å²) in [5.41, 5.74) is -0.399. The lowest BCUT2D eigenvalue weighted by molar-refractivity contribution is -0.150. The number of nitrogens with zero attached hydrogens (tertiary/aromatic N) is 3. The van der Waals surface area contributed by atoms with Crippen molar-refractivity contribution in [1.82, 2.24) is 14.7 Å². The van der Waals surface area contributed by atoms with E-state index in [9.17, 15) is 27.6 Å². The van der Waals surface area contributed by atoms with Gasteiger partial charge in [-0.05, 0) is 24.1 Å². The van der Waals surface area contributed by atoms with Crippen molar-refractivity contribution >= 4 is 17.7 Å². The van der Waals surface area contributed by atoms with Crippen LogP contribution in [-0.4, -0.2) is 65.6 Å². The monoisotopic (exact) mass is 397 g/mol. The van der Waals surface area contributed by atoms with Crippen LogP contribution in [0.15, 0.2) is 24.3 Å². The number of rotatable bonds is 3. The molecule has 1 aromatic rings.